The molecule has 1 amide bonds. The maximum atomic E-state index is 12.4. The Hall–Kier alpha value is -0.580. The van der Waals surface area contributed by atoms with Gasteiger partial charge in [-0.3, -0.25) is 4.79 Å². The zero-order chi connectivity index (χ0) is 12.3. The van der Waals surface area contributed by atoms with Gasteiger partial charge in [-0.2, -0.15) is 0 Å². The third-order valence-electron chi connectivity index (χ3n) is 3.14. The van der Waals surface area contributed by atoms with Gasteiger partial charge in [-0.05, 0) is 37.8 Å². The number of hydrogen-bond acceptors (Lipinski definition) is 3. The fourth-order valence-electron chi connectivity index (χ4n) is 2.29. The molecule has 17 heavy (non-hydrogen) atoms. The Morgan fingerprint density at radius 1 is 1.65 bits per heavy atom. The molecule has 1 aromatic rings. The van der Waals surface area contributed by atoms with Gasteiger partial charge < -0.3 is 10.2 Å². The van der Waals surface area contributed by atoms with E-state index in [1.807, 2.05) is 17.3 Å². The highest BCUT2D eigenvalue weighted by atomic mass is 35.5. The summed E-state index contributed by atoms with van der Waals surface area (Å²) in [7, 11) is 1.93. The van der Waals surface area contributed by atoms with Crippen molar-refractivity contribution in [2.24, 2.45) is 0 Å². The number of nitrogens with one attached hydrogen (secondary N) is 1. The van der Waals surface area contributed by atoms with E-state index in [2.05, 4.69) is 5.32 Å². The minimum atomic E-state index is 0.0879. The number of nitrogens with zero attached hydrogens (tertiary/aromatic N) is 1. The zero-order valence-electron chi connectivity index (χ0n) is 9.91. The first-order valence-electron chi connectivity index (χ1n) is 5.92. The SMILES string of the molecule is CNCC1CCCCN1C(=O)c1sccc1Cl. The molecule has 94 valence electrons. The van der Waals surface area contributed by atoms with Crippen LogP contribution in [-0.2, 0) is 0 Å². The van der Waals surface area contributed by atoms with Crippen LogP contribution in [0.1, 0.15) is 28.9 Å². The predicted octanol–water partition coefficient (Wildman–Crippen LogP) is 2.62. The smallest absolute Gasteiger partial charge is 0.265 e. The normalized spacial score (nSPS) is 20.6. The van der Waals surface area contributed by atoms with Crippen molar-refractivity contribution in [3.05, 3.63) is 21.3 Å². The molecular weight excluding hydrogens is 256 g/mol. The number of rotatable bonds is 3. The second-order valence-electron chi connectivity index (χ2n) is 4.30. The molecule has 1 aliphatic heterocycles. The van der Waals surface area contributed by atoms with Crippen molar-refractivity contribution in [2.75, 3.05) is 20.1 Å². The van der Waals surface area contributed by atoms with E-state index in [0.29, 0.717) is 15.9 Å². The lowest BCUT2D eigenvalue weighted by atomic mass is 10.0. The van der Waals surface area contributed by atoms with Crippen molar-refractivity contribution in [3.63, 3.8) is 0 Å². The molecule has 2 rings (SSSR count). The number of likely N-dealkylation sites (N-methyl/N-ethyl adjacent to an activating group) is 1. The average Bonchev–Trinajstić information content (AvgIpc) is 2.76. The van der Waals surface area contributed by atoms with Crippen LogP contribution in [0.5, 0.6) is 0 Å². The molecule has 0 spiro atoms. The number of amides is 1. The summed E-state index contributed by atoms with van der Waals surface area (Å²) in [6.45, 7) is 1.70. The molecule has 1 aliphatic rings. The van der Waals surface area contributed by atoms with E-state index in [0.717, 1.165) is 25.9 Å². The fraction of sp³-hybridized carbons (Fsp3) is 0.583. The Labute approximate surface area is 111 Å². The van der Waals surface area contributed by atoms with Crippen molar-refractivity contribution in [3.8, 4) is 0 Å². The van der Waals surface area contributed by atoms with Crippen LogP contribution >= 0.6 is 22.9 Å². The van der Waals surface area contributed by atoms with Gasteiger partial charge in [0, 0.05) is 19.1 Å². The van der Waals surface area contributed by atoms with E-state index in [1.165, 1.54) is 17.8 Å². The maximum absolute atomic E-state index is 12.4. The van der Waals surface area contributed by atoms with Crippen LogP contribution in [-0.4, -0.2) is 37.0 Å². The third kappa shape index (κ3) is 2.81. The number of piperidine rings is 1. The highest BCUT2D eigenvalue weighted by molar-refractivity contribution is 7.12. The second-order valence-corrected chi connectivity index (χ2v) is 5.63. The standard InChI is InChI=1S/C12H17ClN2OS/c1-14-8-9-4-2-3-6-15(9)12(16)11-10(13)5-7-17-11/h5,7,9,14H,2-4,6,8H2,1H3. The van der Waals surface area contributed by atoms with Crippen molar-refractivity contribution in [1.29, 1.82) is 0 Å². The van der Waals surface area contributed by atoms with Gasteiger partial charge in [0.15, 0.2) is 0 Å². The van der Waals surface area contributed by atoms with Crippen LogP contribution in [0.25, 0.3) is 0 Å². The van der Waals surface area contributed by atoms with E-state index in [9.17, 15) is 4.79 Å². The number of halogens is 1. The zero-order valence-corrected chi connectivity index (χ0v) is 11.5. The van der Waals surface area contributed by atoms with Crippen LogP contribution in [0.15, 0.2) is 11.4 Å². The fourth-order valence-corrected chi connectivity index (χ4v) is 3.38. The molecule has 0 radical (unpaired) electrons. The monoisotopic (exact) mass is 272 g/mol. The predicted molar refractivity (Wildman–Crippen MR) is 71.9 cm³/mol. The lowest BCUT2D eigenvalue weighted by Gasteiger charge is -2.35. The van der Waals surface area contributed by atoms with Crippen molar-refractivity contribution in [1.82, 2.24) is 10.2 Å². The quantitative estimate of drug-likeness (QED) is 0.917. The molecule has 0 aliphatic carbocycles. The molecule has 2 heterocycles. The van der Waals surface area contributed by atoms with E-state index in [1.54, 1.807) is 6.07 Å². The highest BCUT2D eigenvalue weighted by Gasteiger charge is 2.28. The van der Waals surface area contributed by atoms with Gasteiger partial charge in [-0.15, -0.1) is 11.3 Å². The molecule has 1 aromatic heterocycles. The molecule has 5 heteroatoms. The van der Waals surface area contributed by atoms with Gasteiger partial charge in [0.2, 0.25) is 0 Å². The largest absolute Gasteiger partial charge is 0.334 e. The summed E-state index contributed by atoms with van der Waals surface area (Å²) in [4.78, 5) is 15.0. The van der Waals surface area contributed by atoms with E-state index in [-0.39, 0.29) is 5.91 Å². The number of carbonyl (C=O) groups excluding carboxylic acids is 1. The van der Waals surface area contributed by atoms with Crippen molar-refractivity contribution in [2.45, 2.75) is 25.3 Å². The topological polar surface area (TPSA) is 32.3 Å². The molecule has 1 saturated heterocycles. The van der Waals surface area contributed by atoms with E-state index in [4.69, 9.17) is 11.6 Å². The molecule has 1 atom stereocenters. The molecule has 0 aromatic carbocycles. The summed E-state index contributed by atoms with van der Waals surface area (Å²) in [5.41, 5.74) is 0. The van der Waals surface area contributed by atoms with E-state index < -0.39 is 0 Å². The van der Waals surface area contributed by atoms with Crippen LogP contribution < -0.4 is 5.32 Å². The summed E-state index contributed by atoms with van der Waals surface area (Å²) < 4.78 is 0. The lowest BCUT2D eigenvalue weighted by Crippen LogP contribution is -2.47. The molecule has 1 unspecified atom stereocenters. The van der Waals surface area contributed by atoms with Gasteiger partial charge in [0.25, 0.3) is 5.91 Å². The minimum Gasteiger partial charge on any atom is -0.334 e. The van der Waals surface area contributed by atoms with Gasteiger partial charge in [0.1, 0.15) is 4.88 Å². The van der Waals surface area contributed by atoms with Gasteiger partial charge in [-0.25, -0.2) is 0 Å². The summed E-state index contributed by atoms with van der Waals surface area (Å²) >= 11 is 7.45. The molecule has 3 nitrogen and oxygen atoms in total. The molecule has 0 saturated carbocycles. The van der Waals surface area contributed by atoms with E-state index >= 15 is 0 Å². The first kappa shape index (κ1) is 12.9. The summed E-state index contributed by atoms with van der Waals surface area (Å²) in [6, 6.07) is 2.09. The van der Waals surface area contributed by atoms with Gasteiger partial charge in [0.05, 0.1) is 5.02 Å². The third-order valence-corrected chi connectivity index (χ3v) is 4.47. The first-order chi connectivity index (χ1) is 8.24. The minimum absolute atomic E-state index is 0.0879. The number of thiophene rings is 1. The highest BCUT2D eigenvalue weighted by Crippen LogP contribution is 2.26. The Morgan fingerprint density at radius 3 is 3.12 bits per heavy atom. The molecule has 1 N–H and O–H groups in total. The number of likely N-dealkylation sites (tertiary alicyclic amines) is 1. The number of carbonyl (C=O) groups is 1. The number of hydrogen-bond donors (Lipinski definition) is 1. The molecular formula is C12H17ClN2OS. The van der Waals surface area contributed by atoms with Crippen molar-refractivity contribution >= 4 is 28.8 Å². The van der Waals surface area contributed by atoms with Crippen LogP contribution in [0.4, 0.5) is 0 Å². The Balaban J connectivity index is 2.14. The Bertz CT molecular complexity index is 392. The van der Waals surface area contributed by atoms with Crippen LogP contribution in [0.3, 0.4) is 0 Å². The van der Waals surface area contributed by atoms with Crippen LogP contribution in [0, 0.1) is 0 Å². The summed E-state index contributed by atoms with van der Waals surface area (Å²) in [5, 5.41) is 5.60. The average molecular weight is 273 g/mol. The Morgan fingerprint density at radius 2 is 2.47 bits per heavy atom. The van der Waals surface area contributed by atoms with Crippen LogP contribution in [0.2, 0.25) is 5.02 Å². The molecule has 1 fully saturated rings. The second kappa shape index (κ2) is 5.85. The lowest BCUT2D eigenvalue weighted by molar-refractivity contribution is 0.0620. The summed E-state index contributed by atoms with van der Waals surface area (Å²) in [6.07, 6.45) is 3.37. The van der Waals surface area contributed by atoms with Crippen molar-refractivity contribution < 1.29 is 4.79 Å². The van der Waals surface area contributed by atoms with Gasteiger partial charge >= 0.3 is 0 Å². The van der Waals surface area contributed by atoms with Gasteiger partial charge in [-0.1, -0.05) is 11.6 Å². The molecule has 0 bridgehead atoms. The summed E-state index contributed by atoms with van der Waals surface area (Å²) in [5.74, 6) is 0.0879. The maximum Gasteiger partial charge on any atom is 0.265 e. The first-order valence-corrected chi connectivity index (χ1v) is 7.18. The Kier molecular flexibility index (Phi) is 4.42.